The third kappa shape index (κ3) is 5.30. The van der Waals surface area contributed by atoms with Crippen molar-refractivity contribution in [3.63, 3.8) is 0 Å². The van der Waals surface area contributed by atoms with E-state index in [1.165, 1.54) is 24.7 Å². The van der Waals surface area contributed by atoms with Crippen LogP contribution in [0.25, 0.3) is 0 Å². The molecular formula is C17H16ClN7O3S. The number of aromatic nitrogens is 4. The predicted molar refractivity (Wildman–Crippen MR) is 111 cm³/mol. The lowest BCUT2D eigenvalue weighted by molar-refractivity contribution is -0.111. The molecule has 1 aromatic carbocycles. The first-order valence-corrected chi connectivity index (χ1v) is 10.3. The number of nitrogens with zero attached hydrogens (tertiary/aromatic N) is 4. The summed E-state index contributed by atoms with van der Waals surface area (Å²) in [6, 6.07) is 6.93. The van der Waals surface area contributed by atoms with E-state index in [1.54, 1.807) is 24.3 Å². The van der Waals surface area contributed by atoms with Crippen molar-refractivity contribution in [2.75, 3.05) is 22.2 Å². The molecule has 0 atom stereocenters. The third-order valence-electron chi connectivity index (χ3n) is 3.48. The highest BCUT2D eigenvalue weighted by atomic mass is 35.5. The average Bonchev–Trinajstić information content (AvgIpc) is 3.14. The smallest absolute Gasteiger partial charge is 0.250 e. The van der Waals surface area contributed by atoms with Crippen LogP contribution in [-0.2, 0) is 14.8 Å². The standard InChI is InChI=1S/C17H16ClN7O3S/c1-3-15(26)21-11-5-4-6-12(7-11)22-16-14(18)9-19-17(24-16)23-13-8-20-25(10-13)29(2,27)28/h3-10H,1H2,2H3,(H,21,26)(H2,19,22,23,24). The molecule has 150 valence electrons. The fourth-order valence-electron chi connectivity index (χ4n) is 2.20. The molecule has 10 nitrogen and oxygen atoms in total. The van der Waals surface area contributed by atoms with E-state index in [2.05, 4.69) is 37.6 Å². The normalized spacial score (nSPS) is 11.0. The number of rotatable bonds is 7. The molecule has 3 rings (SSSR count). The SMILES string of the molecule is C=CC(=O)Nc1cccc(Nc2nc(Nc3cnn(S(C)(=O)=O)c3)ncc2Cl)c1. The molecule has 12 heteroatoms. The van der Waals surface area contributed by atoms with Gasteiger partial charge in [-0.05, 0) is 24.3 Å². The Morgan fingerprint density at radius 1 is 1.21 bits per heavy atom. The van der Waals surface area contributed by atoms with Crippen molar-refractivity contribution in [3.05, 3.63) is 60.5 Å². The van der Waals surface area contributed by atoms with Crippen molar-refractivity contribution >= 4 is 56.4 Å². The van der Waals surface area contributed by atoms with E-state index in [0.29, 0.717) is 22.9 Å². The number of anilines is 5. The molecule has 0 fully saturated rings. The molecule has 0 aliphatic carbocycles. The summed E-state index contributed by atoms with van der Waals surface area (Å²) in [4.78, 5) is 19.8. The number of halogens is 1. The van der Waals surface area contributed by atoms with Crippen LogP contribution in [0.4, 0.5) is 28.8 Å². The Balaban J connectivity index is 1.79. The van der Waals surface area contributed by atoms with Crippen molar-refractivity contribution in [3.8, 4) is 0 Å². The maximum Gasteiger partial charge on any atom is 0.250 e. The Bertz CT molecular complexity index is 1180. The summed E-state index contributed by atoms with van der Waals surface area (Å²) in [5.74, 6) is 0.163. The van der Waals surface area contributed by atoms with Gasteiger partial charge in [-0.2, -0.15) is 14.2 Å². The van der Waals surface area contributed by atoms with E-state index in [-0.39, 0.29) is 16.9 Å². The lowest BCUT2D eigenvalue weighted by Crippen LogP contribution is -2.09. The van der Waals surface area contributed by atoms with Gasteiger partial charge in [-0.1, -0.05) is 24.2 Å². The van der Waals surface area contributed by atoms with Gasteiger partial charge in [-0.3, -0.25) is 4.79 Å². The zero-order valence-electron chi connectivity index (χ0n) is 15.1. The quantitative estimate of drug-likeness (QED) is 0.485. The predicted octanol–water partition coefficient (Wildman–Crippen LogP) is 2.75. The molecular weight excluding hydrogens is 418 g/mol. The number of carbonyl (C=O) groups excluding carboxylic acids is 1. The van der Waals surface area contributed by atoms with Gasteiger partial charge in [0.15, 0.2) is 5.82 Å². The van der Waals surface area contributed by atoms with Crippen molar-refractivity contribution < 1.29 is 13.2 Å². The molecule has 0 saturated heterocycles. The number of carbonyl (C=O) groups is 1. The average molecular weight is 434 g/mol. The van der Waals surface area contributed by atoms with Crippen LogP contribution in [0.3, 0.4) is 0 Å². The summed E-state index contributed by atoms with van der Waals surface area (Å²) in [6.07, 6.45) is 6.23. The van der Waals surface area contributed by atoms with Crippen LogP contribution < -0.4 is 16.0 Å². The second kappa shape index (κ2) is 8.29. The number of hydrogen-bond donors (Lipinski definition) is 3. The highest BCUT2D eigenvalue weighted by Gasteiger charge is 2.11. The molecule has 0 aliphatic heterocycles. The third-order valence-corrected chi connectivity index (χ3v) is 4.63. The first kappa shape index (κ1) is 20.3. The maximum absolute atomic E-state index is 11.5. The maximum atomic E-state index is 11.5. The van der Waals surface area contributed by atoms with E-state index in [4.69, 9.17) is 11.6 Å². The fourth-order valence-corrected chi connectivity index (χ4v) is 2.86. The van der Waals surface area contributed by atoms with Crippen LogP contribution in [0.2, 0.25) is 5.02 Å². The zero-order chi connectivity index (χ0) is 21.0. The first-order valence-electron chi connectivity index (χ1n) is 8.10. The van der Waals surface area contributed by atoms with Crippen molar-refractivity contribution in [1.82, 2.24) is 19.2 Å². The van der Waals surface area contributed by atoms with Crippen molar-refractivity contribution in [2.24, 2.45) is 0 Å². The Labute approximate surface area is 171 Å². The molecule has 29 heavy (non-hydrogen) atoms. The number of hydrogen-bond acceptors (Lipinski definition) is 8. The second-order valence-electron chi connectivity index (χ2n) is 5.78. The van der Waals surface area contributed by atoms with Gasteiger partial charge in [0.05, 0.1) is 30.5 Å². The van der Waals surface area contributed by atoms with Gasteiger partial charge in [-0.25, -0.2) is 13.4 Å². The molecule has 0 radical (unpaired) electrons. The van der Waals surface area contributed by atoms with E-state index < -0.39 is 10.0 Å². The Hall–Kier alpha value is -3.44. The van der Waals surface area contributed by atoms with Crippen LogP contribution in [0.15, 0.2) is 55.5 Å². The summed E-state index contributed by atoms with van der Waals surface area (Å²) in [6.45, 7) is 3.41. The summed E-state index contributed by atoms with van der Waals surface area (Å²) >= 11 is 6.17. The molecule has 2 aromatic heterocycles. The number of nitrogens with one attached hydrogen (secondary N) is 3. The van der Waals surface area contributed by atoms with E-state index in [0.717, 1.165) is 10.3 Å². The van der Waals surface area contributed by atoms with Crippen LogP contribution >= 0.6 is 11.6 Å². The molecule has 0 spiro atoms. The molecule has 0 aliphatic rings. The summed E-state index contributed by atoms with van der Waals surface area (Å²) in [7, 11) is -3.49. The first-order chi connectivity index (χ1) is 13.7. The van der Waals surface area contributed by atoms with E-state index >= 15 is 0 Å². The van der Waals surface area contributed by atoms with E-state index in [9.17, 15) is 13.2 Å². The topological polar surface area (TPSA) is 131 Å². The zero-order valence-corrected chi connectivity index (χ0v) is 16.7. The Morgan fingerprint density at radius 2 is 1.97 bits per heavy atom. The summed E-state index contributed by atoms with van der Waals surface area (Å²) in [5.41, 5.74) is 1.58. The lowest BCUT2D eigenvalue weighted by Gasteiger charge is -2.11. The molecule has 2 heterocycles. The van der Waals surface area contributed by atoms with Crippen LogP contribution in [0, 0.1) is 0 Å². The minimum absolute atomic E-state index is 0.182. The van der Waals surface area contributed by atoms with Gasteiger partial charge in [0, 0.05) is 11.4 Å². The van der Waals surface area contributed by atoms with Gasteiger partial charge < -0.3 is 16.0 Å². The number of benzene rings is 1. The molecule has 3 N–H and O–H groups in total. The highest BCUT2D eigenvalue weighted by molar-refractivity contribution is 7.89. The van der Waals surface area contributed by atoms with E-state index in [1.807, 2.05) is 0 Å². The van der Waals surface area contributed by atoms with Gasteiger partial charge in [0.25, 0.3) is 10.0 Å². The van der Waals surface area contributed by atoms with Crippen molar-refractivity contribution in [2.45, 2.75) is 0 Å². The Morgan fingerprint density at radius 3 is 2.66 bits per heavy atom. The molecule has 0 bridgehead atoms. The fraction of sp³-hybridized carbons (Fsp3) is 0.0588. The molecule has 1 amide bonds. The minimum Gasteiger partial charge on any atom is -0.339 e. The lowest BCUT2D eigenvalue weighted by atomic mass is 10.2. The van der Waals surface area contributed by atoms with Gasteiger partial charge in [0.1, 0.15) is 5.02 Å². The molecule has 0 unspecified atom stereocenters. The second-order valence-corrected chi connectivity index (χ2v) is 8.03. The van der Waals surface area contributed by atoms with Gasteiger partial charge in [-0.15, -0.1) is 0 Å². The highest BCUT2D eigenvalue weighted by Crippen LogP contribution is 2.26. The van der Waals surface area contributed by atoms with Gasteiger partial charge >= 0.3 is 0 Å². The van der Waals surface area contributed by atoms with Crippen molar-refractivity contribution in [1.29, 1.82) is 0 Å². The van der Waals surface area contributed by atoms with Crippen LogP contribution in [0.5, 0.6) is 0 Å². The van der Waals surface area contributed by atoms with Gasteiger partial charge in [0.2, 0.25) is 11.9 Å². The largest absolute Gasteiger partial charge is 0.339 e. The molecule has 3 aromatic rings. The van der Waals surface area contributed by atoms with Crippen LogP contribution in [-0.4, -0.2) is 39.7 Å². The number of amides is 1. The summed E-state index contributed by atoms with van der Waals surface area (Å²) < 4.78 is 23.8. The minimum atomic E-state index is -3.49. The summed E-state index contributed by atoms with van der Waals surface area (Å²) in [5, 5.41) is 12.6. The Kier molecular flexibility index (Phi) is 5.80. The monoisotopic (exact) mass is 433 g/mol. The molecule has 0 saturated carbocycles. The van der Waals surface area contributed by atoms with Crippen LogP contribution in [0.1, 0.15) is 0 Å².